The molecule has 0 heterocycles. The Morgan fingerprint density at radius 2 is 1.00 bits per heavy atom. The van der Waals surface area contributed by atoms with Crippen LogP contribution in [-0.4, -0.2) is 24.3 Å². The van der Waals surface area contributed by atoms with Crippen LogP contribution in [0.4, 0.5) is 0 Å². The van der Waals surface area contributed by atoms with Gasteiger partial charge in [0.05, 0.1) is 0 Å². The van der Waals surface area contributed by atoms with Gasteiger partial charge in [0.25, 0.3) is 0 Å². The van der Waals surface area contributed by atoms with E-state index in [4.69, 9.17) is 0 Å². The number of phenols is 2. The fourth-order valence-electron chi connectivity index (χ4n) is 1.96. The number of rotatable bonds is 4. The van der Waals surface area contributed by atoms with Crippen LogP contribution < -0.4 is 0 Å². The molecule has 0 spiro atoms. The van der Waals surface area contributed by atoms with Crippen LogP contribution in [0.1, 0.15) is 37.1 Å². The summed E-state index contributed by atoms with van der Waals surface area (Å²) < 4.78 is 0. The number of hydrogen-bond acceptors (Lipinski definition) is 2. The zero-order chi connectivity index (χ0) is 16.5. The van der Waals surface area contributed by atoms with Crippen molar-refractivity contribution in [3.8, 4) is 11.5 Å². The van der Waals surface area contributed by atoms with Crippen LogP contribution in [0.2, 0.25) is 0 Å². The van der Waals surface area contributed by atoms with E-state index in [0.29, 0.717) is 11.5 Å². The molecule has 2 N–H and O–H groups in total. The Kier molecular flexibility index (Phi) is 14.9. The molecular weight excluding hydrogens is 424 g/mol. The van der Waals surface area contributed by atoms with Gasteiger partial charge in [0, 0.05) is 49.5 Å². The van der Waals surface area contributed by atoms with Crippen LogP contribution in [0.3, 0.4) is 0 Å². The first-order chi connectivity index (χ1) is 10.5. The summed E-state index contributed by atoms with van der Waals surface area (Å²) in [6.07, 6.45) is 0. The van der Waals surface area contributed by atoms with Gasteiger partial charge in [0.15, 0.2) is 0 Å². The number of nitrogens with zero attached hydrogens (tertiary/aromatic N) is 2. The fourth-order valence-corrected chi connectivity index (χ4v) is 1.96. The van der Waals surface area contributed by atoms with Gasteiger partial charge < -0.3 is 20.8 Å². The average Bonchev–Trinajstić information content (AvgIpc) is 2.55. The Balaban J connectivity index is 0. The number of para-hydroxylation sites is 2. The summed E-state index contributed by atoms with van der Waals surface area (Å²) in [4.78, 5) is 0. The maximum absolute atomic E-state index is 9.35. The minimum atomic E-state index is 0. The number of benzene rings is 2. The van der Waals surface area contributed by atoms with Crippen molar-refractivity contribution in [3.05, 3.63) is 70.3 Å². The van der Waals surface area contributed by atoms with Gasteiger partial charge in [-0.15, -0.1) is 12.1 Å². The van der Waals surface area contributed by atoms with Gasteiger partial charge in [-0.05, 0) is 23.3 Å². The standard InChI is InChI=1S/2C9H12NO.Co.Y/c2*1-7(10-2)8-5-3-4-6-9(8)11;;/h2*3-7,11H,1-2H3;;/q2*-1;;. The van der Waals surface area contributed by atoms with Gasteiger partial charge in [-0.3, -0.25) is 0 Å². The van der Waals surface area contributed by atoms with Crippen LogP contribution in [0.25, 0.3) is 10.6 Å². The Bertz CT molecular complexity index is 533. The maximum atomic E-state index is 9.35. The topological polar surface area (TPSA) is 68.7 Å². The molecule has 0 fully saturated rings. The first-order valence-electron chi connectivity index (χ1n) is 7.24. The minimum Gasteiger partial charge on any atom is -0.659 e. The Hall–Kier alpha value is -0.430. The summed E-state index contributed by atoms with van der Waals surface area (Å²) >= 11 is 0. The monoisotopic (exact) mass is 448 g/mol. The number of hydrogen-bond donors (Lipinski definition) is 2. The van der Waals surface area contributed by atoms with Crippen LogP contribution in [0, 0.1) is 0 Å². The van der Waals surface area contributed by atoms with E-state index < -0.39 is 0 Å². The van der Waals surface area contributed by atoms with E-state index in [-0.39, 0.29) is 61.6 Å². The quantitative estimate of drug-likeness (QED) is 0.698. The molecule has 0 aromatic heterocycles. The zero-order valence-corrected chi connectivity index (χ0v) is 18.4. The minimum absolute atomic E-state index is 0. The molecule has 2 rings (SSSR count). The second-order valence-corrected chi connectivity index (χ2v) is 4.99. The van der Waals surface area contributed by atoms with Crippen LogP contribution in [0.5, 0.6) is 11.5 Å². The SMILES string of the molecule is C[N-]C(C)c1ccccc1O.C[N-]C(C)c1ccccc1O.[Co].[Y]. The molecule has 2 atom stereocenters. The molecule has 2 aromatic carbocycles. The van der Waals surface area contributed by atoms with E-state index in [2.05, 4.69) is 10.6 Å². The molecule has 0 aliphatic heterocycles. The Labute approximate surface area is 180 Å². The van der Waals surface area contributed by atoms with E-state index in [1.165, 1.54) is 0 Å². The van der Waals surface area contributed by atoms with Gasteiger partial charge in [0.2, 0.25) is 0 Å². The van der Waals surface area contributed by atoms with Crippen molar-refractivity contribution in [2.75, 3.05) is 14.1 Å². The molecule has 0 saturated carbocycles. The molecule has 0 bridgehead atoms. The first kappa shape index (κ1) is 25.8. The number of aromatic hydroxyl groups is 2. The molecule has 2 unspecified atom stereocenters. The molecule has 2 aromatic rings. The van der Waals surface area contributed by atoms with Crippen LogP contribution in [-0.2, 0) is 49.5 Å². The third-order valence-corrected chi connectivity index (χ3v) is 3.55. The molecule has 6 heteroatoms. The van der Waals surface area contributed by atoms with Gasteiger partial charge in [-0.25, -0.2) is 0 Å². The van der Waals surface area contributed by atoms with Crippen molar-refractivity contribution in [1.82, 2.24) is 0 Å². The van der Waals surface area contributed by atoms with Crippen molar-refractivity contribution in [1.29, 1.82) is 0 Å². The third kappa shape index (κ3) is 8.10. The van der Waals surface area contributed by atoms with E-state index in [1.54, 1.807) is 38.4 Å². The summed E-state index contributed by atoms with van der Waals surface area (Å²) in [5.74, 6) is 0.649. The molecule has 24 heavy (non-hydrogen) atoms. The van der Waals surface area contributed by atoms with Gasteiger partial charge in [-0.1, -0.05) is 50.2 Å². The van der Waals surface area contributed by atoms with E-state index >= 15 is 0 Å². The Morgan fingerprint density at radius 3 is 1.25 bits per heavy atom. The summed E-state index contributed by atoms with van der Waals surface area (Å²) in [5.41, 5.74) is 1.77. The molecule has 0 amide bonds. The number of phenolic OH excluding ortho intramolecular Hbond substituents is 2. The van der Waals surface area contributed by atoms with Crippen molar-refractivity contribution in [2.45, 2.75) is 25.9 Å². The second kappa shape index (κ2) is 13.8. The van der Waals surface area contributed by atoms with Gasteiger partial charge in [-0.2, -0.15) is 14.1 Å². The zero-order valence-electron chi connectivity index (χ0n) is 14.5. The van der Waals surface area contributed by atoms with Crippen molar-refractivity contribution in [2.24, 2.45) is 0 Å². The van der Waals surface area contributed by atoms with E-state index in [0.717, 1.165) is 11.1 Å². The van der Waals surface area contributed by atoms with Crippen molar-refractivity contribution >= 4 is 0 Å². The smallest absolute Gasteiger partial charge is 0.117 e. The van der Waals surface area contributed by atoms with E-state index in [9.17, 15) is 10.2 Å². The molecule has 2 radical (unpaired) electrons. The molecular formula is C18H24CoN2O2Y-2. The van der Waals surface area contributed by atoms with Crippen LogP contribution in [0.15, 0.2) is 48.5 Å². The predicted octanol–water partition coefficient (Wildman–Crippen LogP) is 4.91. The predicted molar refractivity (Wildman–Crippen MR) is 91.6 cm³/mol. The van der Waals surface area contributed by atoms with Gasteiger partial charge >= 0.3 is 0 Å². The molecule has 4 nitrogen and oxygen atoms in total. The van der Waals surface area contributed by atoms with Crippen LogP contribution >= 0.6 is 0 Å². The Morgan fingerprint density at radius 1 is 0.708 bits per heavy atom. The summed E-state index contributed by atoms with van der Waals surface area (Å²) in [5, 5.41) is 26.8. The van der Waals surface area contributed by atoms with E-state index in [1.807, 2.05) is 38.1 Å². The maximum Gasteiger partial charge on any atom is 0.117 e. The molecule has 0 saturated heterocycles. The normalized spacial score (nSPS) is 11.8. The summed E-state index contributed by atoms with van der Waals surface area (Å²) in [7, 11) is 3.49. The molecule has 0 aliphatic carbocycles. The fraction of sp³-hybridized carbons (Fsp3) is 0.333. The summed E-state index contributed by atoms with van der Waals surface area (Å²) in [6.45, 7) is 3.91. The second-order valence-electron chi connectivity index (χ2n) is 4.99. The third-order valence-electron chi connectivity index (χ3n) is 3.55. The molecule has 0 aliphatic rings. The van der Waals surface area contributed by atoms with Crippen molar-refractivity contribution < 1.29 is 59.7 Å². The van der Waals surface area contributed by atoms with Gasteiger partial charge in [0.1, 0.15) is 11.5 Å². The first-order valence-corrected chi connectivity index (χ1v) is 7.24. The molecule has 132 valence electrons. The largest absolute Gasteiger partial charge is 0.659 e. The average molecular weight is 448 g/mol. The summed E-state index contributed by atoms with van der Waals surface area (Å²) in [6, 6.07) is 14.7. The van der Waals surface area contributed by atoms with Crippen molar-refractivity contribution in [3.63, 3.8) is 0 Å².